The fourth-order valence-corrected chi connectivity index (χ4v) is 1.95. The second-order valence-corrected chi connectivity index (χ2v) is 5.63. The molecule has 0 unspecified atom stereocenters. The maximum Gasteiger partial charge on any atom is 0.320 e. The molecule has 0 fully saturated rings. The van der Waals surface area contributed by atoms with Crippen LogP contribution in [0.25, 0.3) is 0 Å². The van der Waals surface area contributed by atoms with Crippen molar-refractivity contribution in [2.75, 3.05) is 0 Å². The van der Waals surface area contributed by atoms with Crippen molar-refractivity contribution >= 4 is 11.9 Å². The zero-order valence-electron chi connectivity index (χ0n) is 13.9. The van der Waals surface area contributed by atoms with Gasteiger partial charge in [0.2, 0.25) is 0 Å². The van der Waals surface area contributed by atoms with Gasteiger partial charge >= 0.3 is 11.9 Å². The number of aromatic hydroxyl groups is 2. The number of carboxylic acid groups (broad SMARTS) is 2. The number of carboxylic acids is 2. The molecule has 0 bridgehead atoms. The molecule has 0 saturated heterocycles. The quantitative estimate of drug-likeness (QED) is 0.436. The van der Waals surface area contributed by atoms with E-state index in [0.29, 0.717) is 0 Å². The molecule has 0 aliphatic heterocycles. The number of phenolic OH excluding ortho intramolecular Hbond substituents is 2. The minimum atomic E-state index is -1.02. The molecule has 0 radical (unpaired) electrons. The Balaban J connectivity index is 0.000000260. The van der Waals surface area contributed by atoms with Gasteiger partial charge in [-0.1, -0.05) is 24.3 Å². The standard InChI is InChI=1S/2C9H11NO3/c2*10-8(9(12)13)5-6-1-3-7(11)4-2-6/h2*1-4,8,11H,5,10H2,(H,12,13)/t2*8-/m00/s1. The van der Waals surface area contributed by atoms with E-state index in [9.17, 15) is 9.59 Å². The summed E-state index contributed by atoms with van der Waals surface area (Å²) >= 11 is 0. The molecule has 140 valence electrons. The predicted octanol–water partition coefficient (Wildman–Crippen LogP) is 0.693. The van der Waals surface area contributed by atoms with Gasteiger partial charge in [0.25, 0.3) is 0 Å². The van der Waals surface area contributed by atoms with Crippen molar-refractivity contribution in [3.8, 4) is 11.5 Å². The second-order valence-electron chi connectivity index (χ2n) is 5.63. The van der Waals surface area contributed by atoms with Crippen LogP contribution in [0.3, 0.4) is 0 Å². The van der Waals surface area contributed by atoms with Gasteiger partial charge in [-0.25, -0.2) is 0 Å². The Morgan fingerprint density at radius 3 is 1.19 bits per heavy atom. The highest BCUT2D eigenvalue weighted by Crippen LogP contribution is 2.11. The molecule has 0 aromatic heterocycles. The molecule has 2 atom stereocenters. The number of carbonyl (C=O) groups is 2. The van der Waals surface area contributed by atoms with E-state index >= 15 is 0 Å². The fourth-order valence-electron chi connectivity index (χ4n) is 1.95. The third-order valence-corrected chi connectivity index (χ3v) is 3.42. The lowest BCUT2D eigenvalue weighted by Gasteiger charge is -2.05. The van der Waals surface area contributed by atoms with E-state index in [1.54, 1.807) is 24.3 Å². The summed E-state index contributed by atoms with van der Waals surface area (Å²) in [5, 5.41) is 35.0. The van der Waals surface area contributed by atoms with Crippen LogP contribution < -0.4 is 11.5 Å². The molecule has 0 aliphatic carbocycles. The molecule has 2 aromatic rings. The normalized spacial score (nSPS) is 12.4. The highest BCUT2D eigenvalue weighted by atomic mass is 16.4. The SMILES string of the molecule is N[C@@H](Cc1ccc(O)cc1)C(=O)O.N[C@@H](Cc1ccc(O)cc1)C(=O)O. The molecular weight excluding hydrogens is 340 g/mol. The van der Waals surface area contributed by atoms with Gasteiger partial charge in [-0.05, 0) is 48.2 Å². The predicted molar refractivity (Wildman–Crippen MR) is 94.8 cm³/mol. The van der Waals surface area contributed by atoms with Crippen LogP contribution in [0.5, 0.6) is 11.5 Å². The van der Waals surface area contributed by atoms with Crippen LogP contribution >= 0.6 is 0 Å². The van der Waals surface area contributed by atoms with Crippen molar-refractivity contribution in [2.45, 2.75) is 24.9 Å². The molecule has 8 N–H and O–H groups in total. The van der Waals surface area contributed by atoms with E-state index in [-0.39, 0.29) is 24.3 Å². The maximum absolute atomic E-state index is 10.4. The van der Waals surface area contributed by atoms with Gasteiger partial charge in [0.05, 0.1) is 0 Å². The van der Waals surface area contributed by atoms with Crippen molar-refractivity contribution in [2.24, 2.45) is 11.5 Å². The Morgan fingerprint density at radius 1 is 0.692 bits per heavy atom. The molecule has 0 heterocycles. The molecule has 0 saturated carbocycles. The lowest BCUT2D eigenvalue weighted by molar-refractivity contribution is -0.139. The molecule has 26 heavy (non-hydrogen) atoms. The number of phenols is 2. The third-order valence-electron chi connectivity index (χ3n) is 3.42. The first kappa shape index (κ1) is 20.9. The van der Waals surface area contributed by atoms with E-state index in [4.69, 9.17) is 31.9 Å². The summed E-state index contributed by atoms with van der Waals surface area (Å²) in [6.45, 7) is 0. The molecular formula is C18H22N2O6. The van der Waals surface area contributed by atoms with E-state index in [1.165, 1.54) is 24.3 Å². The summed E-state index contributed by atoms with van der Waals surface area (Å²) in [7, 11) is 0. The Kier molecular flexibility index (Phi) is 8.07. The van der Waals surface area contributed by atoms with Gasteiger partial charge in [0.15, 0.2) is 0 Å². The number of rotatable bonds is 6. The second kappa shape index (κ2) is 10.0. The van der Waals surface area contributed by atoms with E-state index < -0.39 is 24.0 Å². The molecule has 2 aromatic carbocycles. The Morgan fingerprint density at radius 2 is 0.962 bits per heavy atom. The van der Waals surface area contributed by atoms with Gasteiger partial charge < -0.3 is 31.9 Å². The average Bonchev–Trinajstić information content (AvgIpc) is 2.59. The van der Waals surface area contributed by atoms with E-state index in [2.05, 4.69) is 0 Å². The maximum atomic E-state index is 10.4. The Hall–Kier alpha value is -3.10. The summed E-state index contributed by atoms with van der Waals surface area (Å²) in [5.74, 6) is -1.72. The first-order valence-corrected chi connectivity index (χ1v) is 7.71. The molecule has 0 amide bonds. The zero-order chi connectivity index (χ0) is 19.7. The monoisotopic (exact) mass is 362 g/mol. The largest absolute Gasteiger partial charge is 0.508 e. The molecule has 0 spiro atoms. The van der Waals surface area contributed by atoms with Crippen LogP contribution in [0.2, 0.25) is 0 Å². The van der Waals surface area contributed by atoms with Gasteiger partial charge in [0, 0.05) is 0 Å². The number of aliphatic carboxylic acids is 2. The number of benzene rings is 2. The lowest BCUT2D eigenvalue weighted by Crippen LogP contribution is -2.32. The number of hydrogen-bond donors (Lipinski definition) is 6. The molecule has 2 rings (SSSR count). The highest BCUT2D eigenvalue weighted by molar-refractivity contribution is 5.73. The topological polar surface area (TPSA) is 167 Å². The third kappa shape index (κ3) is 7.65. The summed E-state index contributed by atoms with van der Waals surface area (Å²) in [5.41, 5.74) is 12.2. The smallest absolute Gasteiger partial charge is 0.320 e. The minimum absolute atomic E-state index is 0.160. The van der Waals surface area contributed by atoms with Crippen LogP contribution in [0, 0.1) is 0 Å². The fraction of sp³-hybridized carbons (Fsp3) is 0.222. The molecule has 8 nitrogen and oxygen atoms in total. The minimum Gasteiger partial charge on any atom is -0.508 e. The molecule has 8 heteroatoms. The van der Waals surface area contributed by atoms with Gasteiger partial charge in [-0.3, -0.25) is 9.59 Å². The first-order chi connectivity index (χ1) is 12.2. The van der Waals surface area contributed by atoms with Gasteiger partial charge in [-0.15, -0.1) is 0 Å². The van der Waals surface area contributed by atoms with Crippen molar-refractivity contribution < 1.29 is 30.0 Å². The molecule has 0 aliphatic rings. The lowest BCUT2D eigenvalue weighted by atomic mass is 10.1. The number of hydrogen-bond acceptors (Lipinski definition) is 6. The van der Waals surface area contributed by atoms with Crippen LogP contribution in [-0.4, -0.2) is 44.4 Å². The zero-order valence-corrected chi connectivity index (χ0v) is 13.9. The van der Waals surface area contributed by atoms with Crippen LogP contribution in [-0.2, 0) is 22.4 Å². The van der Waals surface area contributed by atoms with Crippen molar-refractivity contribution in [3.05, 3.63) is 59.7 Å². The van der Waals surface area contributed by atoms with E-state index in [1.807, 2.05) is 0 Å². The van der Waals surface area contributed by atoms with Crippen LogP contribution in [0.1, 0.15) is 11.1 Å². The Labute approximate surface area is 150 Å². The first-order valence-electron chi connectivity index (χ1n) is 7.71. The van der Waals surface area contributed by atoms with Crippen molar-refractivity contribution in [1.82, 2.24) is 0 Å². The van der Waals surface area contributed by atoms with Crippen LogP contribution in [0.15, 0.2) is 48.5 Å². The van der Waals surface area contributed by atoms with Gasteiger partial charge in [-0.2, -0.15) is 0 Å². The summed E-state index contributed by atoms with van der Waals surface area (Å²) in [6, 6.07) is 10.8. The summed E-state index contributed by atoms with van der Waals surface area (Å²) in [6.07, 6.45) is 0.547. The highest BCUT2D eigenvalue weighted by Gasteiger charge is 2.12. The summed E-state index contributed by atoms with van der Waals surface area (Å²) in [4.78, 5) is 20.8. The average molecular weight is 362 g/mol. The summed E-state index contributed by atoms with van der Waals surface area (Å²) < 4.78 is 0. The van der Waals surface area contributed by atoms with Crippen molar-refractivity contribution in [3.63, 3.8) is 0 Å². The van der Waals surface area contributed by atoms with Crippen molar-refractivity contribution in [1.29, 1.82) is 0 Å². The van der Waals surface area contributed by atoms with Crippen LogP contribution in [0.4, 0.5) is 0 Å². The van der Waals surface area contributed by atoms with Gasteiger partial charge in [0.1, 0.15) is 23.6 Å². The Bertz CT molecular complexity index is 652. The van der Waals surface area contributed by atoms with E-state index in [0.717, 1.165) is 11.1 Å². The number of nitrogens with two attached hydrogens (primary N) is 2.